The summed E-state index contributed by atoms with van der Waals surface area (Å²) < 4.78 is 14.1. The van der Waals surface area contributed by atoms with Crippen molar-refractivity contribution >= 4 is 22.8 Å². The molecular weight excluding hydrogens is 357 g/mol. The maximum Gasteiger partial charge on any atom is 0.325 e. The largest absolute Gasteiger partial charge is 0.325 e. The van der Waals surface area contributed by atoms with E-state index < -0.39 is 17.4 Å². The summed E-state index contributed by atoms with van der Waals surface area (Å²) in [6.07, 6.45) is 3.89. The number of pyridine rings is 1. The second kappa shape index (κ2) is 6.12. The smallest absolute Gasteiger partial charge is 0.319 e. The zero-order valence-corrected chi connectivity index (χ0v) is 15.1. The number of urea groups is 1. The normalized spacial score (nSPS) is 21.2. The number of imide groups is 1. The summed E-state index contributed by atoms with van der Waals surface area (Å²) in [5, 5.41) is 3.57. The lowest BCUT2D eigenvalue weighted by atomic mass is 9.76. The fourth-order valence-corrected chi connectivity index (χ4v) is 4.47. The summed E-state index contributed by atoms with van der Waals surface area (Å²) in [6, 6.07) is 13.5. The summed E-state index contributed by atoms with van der Waals surface area (Å²) in [4.78, 5) is 31.7. The van der Waals surface area contributed by atoms with E-state index in [9.17, 15) is 14.0 Å². The van der Waals surface area contributed by atoms with E-state index >= 15 is 0 Å². The van der Waals surface area contributed by atoms with Gasteiger partial charge in [-0.1, -0.05) is 30.3 Å². The number of carbonyl (C=O) groups excluding carboxylic acids is 2. The van der Waals surface area contributed by atoms with Crippen molar-refractivity contribution in [1.82, 2.24) is 15.2 Å². The number of nitrogens with zero attached hydrogens (tertiary/aromatic N) is 2. The molecule has 1 aliphatic carbocycles. The molecule has 1 aromatic heterocycles. The van der Waals surface area contributed by atoms with Crippen LogP contribution in [0, 0.1) is 5.82 Å². The van der Waals surface area contributed by atoms with Gasteiger partial charge < -0.3 is 5.32 Å². The number of hydrogen-bond donors (Lipinski definition) is 1. The Morgan fingerprint density at radius 2 is 2.00 bits per heavy atom. The predicted molar refractivity (Wildman–Crippen MR) is 102 cm³/mol. The van der Waals surface area contributed by atoms with Crippen molar-refractivity contribution in [3.05, 3.63) is 77.2 Å². The van der Waals surface area contributed by atoms with Crippen LogP contribution in [-0.4, -0.2) is 21.8 Å². The van der Waals surface area contributed by atoms with Gasteiger partial charge in [0.15, 0.2) is 0 Å². The van der Waals surface area contributed by atoms with Gasteiger partial charge in [0.05, 0.1) is 12.1 Å². The maximum absolute atomic E-state index is 14.1. The minimum atomic E-state index is -1.03. The number of carbonyl (C=O) groups is 2. The lowest BCUT2D eigenvalue weighted by Crippen LogP contribution is -2.46. The van der Waals surface area contributed by atoms with Crippen molar-refractivity contribution in [2.24, 2.45) is 0 Å². The third kappa shape index (κ3) is 2.41. The molecule has 3 amide bonds. The number of aryl methyl sites for hydroxylation is 1. The third-order valence-electron chi connectivity index (χ3n) is 5.73. The molecule has 0 bridgehead atoms. The molecule has 5 nitrogen and oxygen atoms in total. The number of aromatic nitrogens is 1. The third-order valence-corrected chi connectivity index (χ3v) is 5.73. The Morgan fingerprint density at radius 3 is 2.89 bits per heavy atom. The Bertz CT molecular complexity index is 1130. The lowest BCUT2D eigenvalue weighted by molar-refractivity contribution is -0.132. The fourth-order valence-electron chi connectivity index (χ4n) is 4.47. The van der Waals surface area contributed by atoms with Crippen molar-refractivity contribution < 1.29 is 14.0 Å². The molecule has 5 rings (SSSR count). The molecule has 1 saturated heterocycles. The van der Waals surface area contributed by atoms with E-state index in [4.69, 9.17) is 0 Å². The van der Waals surface area contributed by atoms with E-state index in [0.717, 1.165) is 24.0 Å². The fraction of sp³-hybridized carbons (Fsp3) is 0.227. The summed E-state index contributed by atoms with van der Waals surface area (Å²) in [7, 11) is 0. The van der Waals surface area contributed by atoms with E-state index in [1.165, 1.54) is 17.0 Å². The average Bonchev–Trinajstić information content (AvgIpc) is 2.93. The molecule has 1 aliphatic heterocycles. The lowest BCUT2D eigenvalue weighted by Gasteiger charge is -2.33. The van der Waals surface area contributed by atoms with Crippen LogP contribution in [0.1, 0.15) is 29.5 Å². The first-order valence-corrected chi connectivity index (χ1v) is 9.34. The van der Waals surface area contributed by atoms with E-state index in [2.05, 4.69) is 10.3 Å². The summed E-state index contributed by atoms with van der Waals surface area (Å²) in [5.74, 6) is -0.696. The van der Waals surface area contributed by atoms with Crippen LogP contribution in [0.5, 0.6) is 0 Å². The van der Waals surface area contributed by atoms with Gasteiger partial charge in [0, 0.05) is 17.1 Å². The molecule has 6 heteroatoms. The van der Waals surface area contributed by atoms with Gasteiger partial charge in [-0.2, -0.15) is 0 Å². The molecular formula is C22H18FN3O2. The van der Waals surface area contributed by atoms with Gasteiger partial charge in [-0.05, 0) is 48.6 Å². The van der Waals surface area contributed by atoms with Crippen LogP contribution in [-0.2, 0) is 23.3 Å². The van der Waals surface area contributed by atoms with Crippen molar-refractivity contribution in [3.8, 4) is 0 Å². The summed E-state index contributed by atoms with van der Waals surface area (Å²) in [5.41, 5.74) is 2.03. The zero-order chi connectivity index (χ0) is 19.3. The van der Waals surface area contributed by atoms with Gasteiger partial charge in [-0.25, -0.2) is 9.18 Å². The van der Waals surface area contributed by atoms with Gasteiger partial charge in [-0.3, -0.25) is 14.7 Å². The van der Waals surface area contributed by atoms with Crippen LogP contribution in [0.2, 0.25) is 0 Å². The Hall–Kier alpha value is -3.28. The Labute approximate surface area is 161 Å². The van der Waals surface area contributed by atoms with Crippen LogP contribution in [0.15, 0.2) is 54.7 Å². The Balaban J connectivity index is 1.56. The number of fused-ring (bicyclic) bond motifs is 3. The monoisotopic (exact) mass is 375 g/mol. The summed E-state index contributed by atoms with van der Waals surface area (Å²) in [6.45, 7) is -0.0140. The molecule has 140 valence electrons. The minimum Gasteiger partial charge on any atom is -0.319 e. The summed E-state index contributed by atoms with van der Waals surface area (Å²) >= 11 is 0. The zero-order valence-electron chi connectivity index (χ0n) is 15.1. The molecule has 0 unspecified atom stereocenters. The number of benzene rings is 2. The highest BCUT2D eigenvalue weighted by Gasteiger charge is 2.53. The maximum atomic E-state index is 14.1. The predicted octanol–water partition coefficient (Wildman–Crippen LogP) is 3.66. The van der Waals surface area contributed by atoms with Crippen LogP contribution < -0.4 is 5.32 Å². The van der Waals surface area contributed by atoms with E-state index in [1.807, 2.05) is 24.3 Å². The molecule has 3 aromatic rings. The van der Waals surface area contributed by atoms with Gasteiger partial charge in [0.1, 0.15) is 11.4 Å². The van der Waals surface area contributed by atoms with Crippen LogP contribution >= 0.6 is 0 Å². The molecule has 0 radical (unpaired) electrons. The van der Waals surface area contributed by atoms with Gasteiger partial charge in [0.2, 0.25) is 0 Å². The molecule has 28 heavy (non-hydrogen) atoms. The molecule has 1 atom stereocenters. The molecule has 1 N–H and O–H groups in total. The van der Waals surface area contributed by atoms with Crippen LogP contribution in [0.4, 0.5) is 9.18 Å². The molecule has 1 fully saturated rings. The Kier molecular flexibility index (Phi) is 3.69. The van der Waals surface area contributed by atoms with Gasteiger partial charge in [-0.15, -0.1) is 0 Å². The van der Waals surface area contributed by atoms with Crippen LogP contribution in [0.3, 0.4) is 0 Å². The second-order valence-corrected chi connectivity index (χ2v) is 7.38. The number of nitrogens with one attached hydrogen (secondary N) is 1. The van der Waals surface area contributed by atoms with Crippen molar-refractivity contribution in [2.75, 3.05) is 0 Å². The second-order valence-electron chi connectivity index (χ2n) is 7.38. The first-order chi connectivity index (χ1) is 13.6. The van der Waals surface area contributed by atoms with Crippen molar-refractivity contribution in [3.63, 3.8) is 0 Å². The van der Waals surface area contributed by atoms with Crippen molar-refractivity contribution in [1.29, 1.82) is 0 Å². The van der Waals surface area contributed by atoms with Crippen molar-refractivity contribution in [2.45, 2.75) is 31.3 Å². The molecule has 2 heterocycles. The first kappa shape index (κ1) is 16.9. The standard InChI is InChI=1S/C22H18FN3O2/c23-17-11-15-7-4-10-24-19(15)16(12-17)13-26-20(27)22(25-21(26)28)9-3-6-14-5-1-2-8-18(14)22/h1-2,4-5,7-8,10-12H,3,6,9,13H2,(H,25,28)/t22-/m1/s1. The SMILES string of the molecule is O=C1N[C@@]2(CCCc3ccccc32)C(=O)N1Cc1cc(F)cc2cccnc12. The van der Waals surface area contributed by atoms with E-state index in [1.54, 1.807) is 18.3 Å². The number of rotatable bonds is 2. The van der Waals surface area contributed by atoms with Gasteiger partial charge >= 0.3 is 6.03 Å². The molecule has 0 saturated carbocycles. The number of amides is 3. The minimum absolute atomic E-state index is 0.0140. The first-order valence-electron chi connectivity index (χ1n) is 9.34. The van der Waals surface area contributed by atoms with Crippen LogP contribution in [0.25, 0.3) is 10.9 Å². The topological polar surface area (TPSA) is 62.3 Å². The number of halogens is 1. The number of hydrogen-bond acceptors (Lipinski definition) is 3. The molecule has 2 aliphatic rings. The highest BCUT2D eigenvalue weighted by atomic mass is 19.1. The van der Waals surface area contributed by atoms with Gasteiger partial charge in [0.25, 0.3) is 5.91 Å². The molecule has 2 aromatic carbocycles. The quantitative estimate of drug-likeness (QED) is 0.696. The van der Waals surface area contributed by atoms with E-state index in [0.29, 0.717) is 22.9 Å². The molecule has 1 spiro atoms. The highest BCUT2D eigenvalue weighted by molar-refractivity contribution is 6.08. The Morgan fingerprint density at radius 1 is 1.14 bits per heavy atom. The highest BCUT2D eigenvalue weighted by Crippen LogP contribution is 2.40. The average molecular weight is 375 g/mol. The van der Waals surface area contributed by atoms with E-state index in [-0.39, 0.29) is 12.5 Å².